The van der Waals surface area contributed by atoms with Crippen LogP contribution in [0.25, 0.3) is 0 Å². The third-order valence-corrected chi connectivity index (χ3v) is 4.05. The standard InChI is InChI=1S/C19H19ClN4O2/c1-14(26-18-8-6-17(20)7-9-18)19(25)22-10-15-2-4-16(5-3-15)11-24-13-21-12-23-24/h2-9,12-14H,10-11H2,1H3,(H,22,25). The van der Waals surface area contributed by atoms with Crippen LogP contribution < -0.4 is 10.1 Å². The molecule has 2 aromatic carbocycles. The average molecular weight is 371 g/mol. The van der Waals surface area contributed by atoms with Gasteiger partial charge in [0, 0.05) is 11.6 Å². The second-order valence-corrected chi connectivity index (χ2v) is 6.28. The first-order valence-corrected chi connectivity index (χ1v) is 8.58. The lowest BCUT2D eigenvalue weighted by molar-refractivity contribution is -0.127. The van der Waals surface area contributed by atoms with E-state index in [0.717, 1.165) is 11.1 Å². The molecule has 1 aromatic heterocycles. The van der Waals surface area contributed by atoms with Gasteiger partial charge in [-0.2, -0.15) is 5.10 Å². The Morgan fingerprint density at radius 1 is 1.15 bits per heavy atom. The summed E-state index contributed by atoms with van der Waals surface area (Å²) in [6.45, 7) is 2.82. The highest BCUT2D eigenvalue weighted by Gasteiger charge is 2.14. The topological polar surface area (TPSA) is 69.0 Å². The summed E-state index contributed by atoms with van der Waals surface area (Å²) in [6, 6.07) is 14.9. The lowest BCUT2D eigenvalue weighted by Crippen LogP contribution is -2.35. The Bertz CT molecular complexity index is 833. The van der Waals surface area contributed by atoms with Gasteiger partial charge in [-0.25, -0.2) is 9.67 Å². The molecule has 0 spiro atoms. The van der Waals surface area contributed by atoms with Crippen LogP contribution in [0.3, 0.4) is 0 Å². The first-order chi connectivity index (χ1) is 12.6. The molecule has 0 fully saturated rings. The van der Waals surface area contributed by atoms with Gasteiger partial charge in [0.15, 0.2) is 6.10 Å². The minimum absolute atomic E-state index is 0.174. The van der Waals surface area contributed by atoms with Gasteiger partial charge in [-0.05, 0) is 42.3 Å². The van der Waals surface area contributed by atoms with Gasteiger partial charge in [0.2, 0.25) is 0 Å². The van der Waals surface area contributed by atoms with Crippen LogP contribution in [0.1, 0.15) is 18.1 Å². The summed E-state index contributed by atoms with van der Waals surface area (Å²) in [4.78, 5) is 16.1. The van der Waals surface area contributed by atoms with Crippen molar-refractivity contribution in [3.05, 3.63) is 77.3 Å². The molecule has 6 nitrogen and oxygen atoms in total. The van der Waals surface area contributed by atoms with E-state index < -0.39 is 6.10 Å². The summed E-state index contributed by atoms with van der Waals surface area (Å²) in [5.41, 5.74) is 2.13. The second kappa shape index (κ2) is 8.49. The largest absolute Gasteiger partial charge is 0.481 e. The van der Waals surface area contributed by atoms with Crippen molar-refractivity contribution < 1.29 is 9.53 Å². The number of nitrogens with zero attached hydrogens (tertiary/aromatic N) is 3. The smallest absolute Gasteiger partial charge is 0.261 e. The lowest BCUT2D eigenvalue weighted by Gasteiger charge is -2.15. The Hall–Kier alpha value is -2.86. The van der Waals surface area contributed by atoms with E-state index in [1.807, 2.05) is 24.3 Å². The van der Waals surface area contributed by atoms with Crippen molar-refractivity contribution in [2.24, 2.45) is 0 Å². The van der Waals surface area contributed by atoms with Crippen molar-refractivity contribution in [2.45, 2.75) is 26.1 Å². The Labute approximate surface area is 156 Å². The van der Waals surface area contributed by atoms with Crippen molar-refractivity contribution in [3.8, 4) is 5.75 Å². The van der Waals surface area contributed by atoms with E-state index in [1.165, 1.54) is 6.33 Å². The first-order valence-electron chi connectivity index (χ1n) is 8.20. The minimum Gasteiger partial charge on any atom is -0.481 e. The van der Waals surface area contributed by atoms with E-state index in [9.17, 15) is 4.79 Å². The zero-order valence-electron chi connectivity index (χ0n) is 14.3. The summed E-state index contributed by atoms with van der Waals surface area (Å²) in [6.07, 6.45) is 2.59. The van der Waals surface area contributed by atoms with Gasteiger partial charge >= 0.3 is 0 Å². The van der Waals surface area contributed by atoms with E-state index in [2.05, 4.69) is 15.4 Å². The van der Waals surface area contributed by atoms with Crippen LogP contribution in [-0.4, -0.2) is 26.8 Å². The molecule has 0 aliphatic carbocycles. The number of carbonyl (C=O) groups excluding carboxylic acids is 1. The van der Waals surface area contributed by atoms with Crippen LogP contribution in [0.4, 0.5) is 0 Å². The van der Waals surface area contributed by atoms with Gasteiger partial charge < -0.3 is 10.1 Å². The fourth-order valence-corrected chi connectivity index (χ4v) is 2.49. The van der Waals surface area contributed by atoms with Gasteiger partial charge in [0.1, 0.15) is 18.4 Å². The molecule has 0 aliphatic heterocycles. The molecule has 26 heavy (non-hydrogen) atoms. The molecule has 3 aromatic rings. The monoisotopic (exact) mass is 370 g/mol. The molecule has 7 heteroatoms. The van der Waals surface area contributed by atoms with E-state index in [-0.39, 0.29) is 5.91 Å². The zero-order chi connectivity index (χ0) is 18.4. The molecule has 0 bridgehead atoms. The number of rotatable bonds is 7. The number of halogens is 1. The third kappa shape index (κ3) is 5.07. The van der Waals surface area contributed by atoms with E-state index in [4.69, 9.17) is 16.3 Å². The average Bonchev–Trinajstić information content (AvgIpc) is 3.16. The van der Waals surface area contributed by atoms with E-state index >= 15 is 0 Å². The molecule has 0 saturated heterocycles. The van der Waals surface area contributed by atoms with Crippen molar-refractivity contribution in [3.63, 3.8) is 0 Å². The summed E-state index contributed by atoms with van der Waals surface area (Å²) in [7, 11) is 0. The predicted molar refractivity (Wildman–Crippen MR) is 99.0 cm³/mol. The SMILES string of the molecule is CC(Oc1ccc(Cl)cc1)C(=O)NCc1ccc(Cn2cncn2)cc1. The highest BCUT2D eigenvalue weighted by Crippen LogP contribution is 2.16. The second-order valence-electron chi connectivity index (χ2n) is 5.84. The summed E-state index contributed by atoms with van der Waals surface area (Å²) < 4.78 is 7.37. The fraction of sp³-hybridized carbons (Fsp3) is 0.211. The number of hydrogen-bond acceptors (Lipinski definition) is 4. The highest BCUT2D eigenvalue weighted by atomic mass is 35.5. The van der Waals surface area contributed by atoms with E-state index in [0.29, 0.717) is 23.9 Å². The molecule has 0 saturated carbocycles. The van der Waals surface area contributed by atoms with Crippen molar-refractivity contribution in [1.82, 2.24) is 20.1 Å². The van der Waals surface area contributed by atoms with Crippen LogP contribution in [0, 0.1) is 0 Å². The van der Waals surface area contributed by atoms with Gasteiger partial charge in [-0.1, -0.05) is 35.9 Å². The Morgan fingerprint density at radius 2 is 1.85 bits per heavy atom. The number of hydrogen-bond donors (Lipinski definition) is 1. The fourth-order valence-electron chi connectivity index (χ4n) is 2.37. The molecule has 0 aliphatic rings. The molecule has 1 atom stereocenters. The summed E-state index contributed by atoms with van der Waals surface area (Å²) in [5.74, 6) is 0.432. The molecule has 1 amide bonds. The maximum Gasteiger partial charge on any atom is 0.261 e. The first kappa shape index (κ1) is 17.9. The quantitative estimate of drug-likeness (QED) is 0.694. The number of amides is 1. The minimum atomic E-state index is -0.595. The van der Waals surface area contributed by atoms with E-state index in [1.54, 1.807) is 42.2 Å². The highest BCUT2D eigenvalue weighted by molar-refractivity contribution is 6.30. The molecule has 134 valence electrons. The molecule has 3 rings (SSSR count). The number of benzene rings is 2. The normalized spacial score (nSPS) is 11.8. The Morgan fingerprint density at radius 3 is 2.50 bits per heavy atom. The van der Waals surface area contributed by atoms with Crippen molar-refractivity contribution >= 4 is 17.5 Å². The van der Waals surface area contributed by atoms with Gasteiger partial charge in [0.25, 0.3) is 5.91 Å². The maximum absolute atomic E-state index is 12.2. The summed E-state index contributed by atoms with van der Waals surface area (Å²) in [5, 5.41) is 7.58. The Kier molecular flexibility index (Phi) is 5.86. The van der Waals surface area contributed by atoms with Gasteiger partial charge in [-0.3, -0.25) is 4.79 Å². The molecular formula is C19H19ClN4O2. The predicted octanol–water partition coefficient (Wildman–Crippen LogP) is 3.06. The van der Waals surface area contributed by atoms with Crippen LogP contribution >= 0.6 is 11.6 Å². The molecule has 1 heterocycles. The van der Waals surface area contributed by atoms with Crippen LogP contribution in [-0.2, 0) is 17.9 Å². The Balaban J connectivity index is 1.48. The summed E-state index contributed by atoms with van der Waals surface area (Å²) >= 11 is 5.84. The molecule has 1 unspecified atom stereocenters. The van der Waals surface area contributed by atoms with Crippen LogP contribution in [0.2, 0.25) is 5.02 Å². The van der Waals surface area contributed by atoms with Gasteiger partial charge in [-0.15, -0.1) is 0 Å². The molecule has 0 radical (unpaired) electrons. The molecule has 1 N–H and O–H groups in total. The van der Waals surface area contributed by atoms with Crippen molar-refractivity contribution in [1.29, 1.82) is 0 Å². The maximum atomic E-state index is 12.2. The van der Waals surface area contributed by atoms with Crippen LogP contribution in [0.15, 0.2) is 61.2 Å². The lowest BCUT2D eigenvalue weighted by atomic mass is 10.1. The van der Waals surface area contributed by atoms with Crippen molar-refractivity contribution in [2.75, 3.05) is 0 Å². The number of aromatic nitrogens is 3. The third-order valence-electron chi connectivity index (χ3n) is 3.80. The molecular weight excluding hydrogens is 352 g/mol. The number of carbonyl (C=O) groups is 1. The van der Waals surface area contributed by atoms with Crippen LogP contribution in [0.5, 0.6) is 5.75 Å². The van der Waals surface area contributed by atoms with Gasteiger partial charge in [0.05, 0.1) is 6.54 Å². The number of ether oxygens (including phenoxy) is 1. The zero-order valence-corrected chi connectivity index (χ0v) is 15.1. The number of nitrogens with one attached hydrogen (secondary N) is 1.